The number of benzene rings is 1. The Bertz CT molecular complexity index is 781. The minimum Gasteiger partial charge on any atom is -0.387 e. The molecule has 3 heterocycles. The van der Waals surface area contributed by atoms with Gasteiger partial charge in [0.2, 0.25) is 0 Å². The predicted octanol–water partition coefficient (Wildman–Crippen LogP) is 3.08. The Hall–Kier alpha value is -1.92. The Balaban J connectivity index is 1.29. The van der Waals surface area contributed by atoms with Crippen molar-refractivity contribution in [3.05, 3.63) is 35.4 Å². The van der Waals surface area contributed by atoms with Gasteiger partial charge in [0.1, 0.15) is 5.71 Å². The standard InChI is InChI=1S/C24H36N4O2/c1-18(2)20-7-5-19(6-8-20)16-27-14-11-24(17-27)15-22(25-30-24)23(29)28-12-9-21(10-13-28)26(3)4/h5-8,18,21H,9-17H2,1-4H3/t24-/m1/s1. The van der Waals surface area contributed by atoms with Crippen LogP contribution >= 0.6 is 0 Å². The number of piperidine rings is 1. The molecule has 0 unspecified atom stereocenters. The first-order chi connectivity index (χ1) is 14.3. The van der Waals surface area contributed by atoms with Gasteiger partial charge in [-0.2, -0.15) is 0 Å². The van der Waals surface area contributed by atoms with Crippen LogP contribution in [0.1, 0.15) is 56.6 Å². The monoisotopic (exact) mass is 412 g/mol. The second-order valence-corrected chi connectivity index (χ2v) is 9.83. The van der Waals surface area contributed by atoms with Crippen molar-refractivity contribution < 1.29 is 9.63 Å². The van der Waals surface area contributed by atoms with Gasteiger partial charge in [0.05, 0.1) is 0 Å². The molecule has 3 aliphatic rings. The van der Waals surface area contributed by atoms with Crippen molar-refractivity contribution in [3.63, 3.8) is 0 Å². The van der Waals surface area contributed by atoms with Gasteiger partial charge in [-0.3, -0.25) is 9.69 Å². The Kier molecular flexibility index (Phi) is 6.16. The van der Waals surface area contributed by atoms with Crippen molar-refractivity contribution in [2.75, 3.05) is 40.3 Å². The minimum absolute atomic E-state index is 0.0757. The third kappa shape index (κ3) is 4.54. The third-order valence-corrected chi connectivity index (χ3v) is 7.02. The molecule has 4 rings (SSSR count). The van der Waals surface area contributed by atoms with Gasteiger partial charge in [0.15, 0.2) is 5.60 Å². The topological polar surface area (TPSA) is 48.4 Å². The molecule has 1 spiro atoms. The van der Waals surface area contributed by atoms with Crippen molar-refractivity contribution in [3.8, 4) is 0 Å². The first kappa shape index (κ1) is 21.3. The number of likely N-dealkylation sites (tertiary alicyclic amines) is 2. The zero-order valence-electron chi connectivity index (χ0n) is 18.9. The Morgan fingerprint density at radius 2 is 1.90 bits per heavy atom. The van der Waals surface area contributed by atoms with E-state index in [1.165, 1.54) is 11.1 Å². The molecule has 2 fully saturated rings. The summed E-state index contributed by atoms with van der Waals surface area (Å²) in [5, 5.41) is 4.26. The molecule has 1 amide bonds. The van der Waals surface area contributed by atoms with Crippen LogP contribution in [0, 0.1) is 0 Å². The maximum atomic E-state index is 13.0. The number of oxime groups is 1. The molecule has 3 aliphatic heterocycles. The maximum absolute atomic E-state index is 13.0. The van der Waals surface area contributed by atoms with Gasteiger partial charge in [0, 0.05) is 51.6 Å². The molecule has 1 aromatic carbocycles. The summed E-state index contributed by atoms with van der Waals surface area (Å²) in [5.41, 5.74) is 3.00. The molecule has 0 saturated carbocycles. The number of hydrogen-bond acceptors (Lipinski definition) is 5. The minimum atomic E-state index is -0.315. The Morgan fingerprint density at radius 1 is 1.20 bits per heavy atom. The smallest absolute Gasteiger partial charge is 0.271 e. The molecule has 2 saturated heterocycles. The lowest BCUT2D eigenvalue weighted by molar-refractivity contribution is -0.125. The average molecular weight is 413 g/mol. The molecule has 30 heavy (non-hydrogen) atoms. The highest BCUT2D eigenvalue weighted by Crippen LogP contribution is 2.35. The van der Waals surface area contributed by atoms with Gasteiger partial charge >= 0.3 is 0 Å². The van der Waals surface area contributed by atoms with Crippen molar-refractivity contribution in [1.29, 1.82) is 0 Å². The third-order valence-electron chi connectivity index (χ3n) is 7.02. The highest BCUT2D eigenvalue weighted by atomic mass is 16.7. The molecule has 6 nitrogen and oxygen atoms in total. The van der Waals surface area contributed by atoms with Crippen molar-refractivity contribution in [2.45, 2.75) is 63.6 Å². The molecule has 0 aliphatic carbocycles. The van der Waals surface area contributed by atoms with Crippen LogP contribution in [0.3, 0.4) is 0 Å². The summed E-state index contributed by atoms with van der Waals surface area (Å²) in [6, 6.07) is 9.51. The molecular formula is C24H36N4O2. The van der Waals surface area contributed by atoms with Gasteiger partial charge in [-0.1, -0.05) is 43.3 Å². The van der Waals surface area contributed by atoms with Gasteiger partial charge in [-0.05, 0) is 44.0 Å². The number of rotatable bonds is 5. The summed E-state index contributed by atoms with van der Waals surface area (Å²) in [6.07, 6.45) is 3.63. The highest BCUT2D eigenvalue weighted by molar-refractivity contribution is 6.39. The van der Waals surface area contributed by atoms with Crippen LogP contribution in [0.15, 0.2) is 29.4 Å². The van der Waals surface area contributed by atoms with E-state index in [2.05, 4.69) is 67.2 Å². The van der Waals surface area contributed by atoms with Crippen LogP contribution < -0.4 is 0 Å². The number of nitrogens with zero attached hydrogens (tertiary/aromatic N) is 4. The van der Waals surface area contributed by atoms with Gasteiger partial charge in [0.25, 0.3) is 5.91 Å². The zero-order valence-corrected chi connectivity index (χ0v) is 18.9. The maximum Gasteiger partial charge on any atom is 0.271 e. The summed E-state index contributed by atoms with van der Waals surface area (Å²) in [4.78, 5) is 25.5. The van der Waals surface area contributed by atoms with Crippen LogP contribution in [-0.2, 0) is 16.2 Å². The SMILES string of the molecule is CC(C)c1ccc(CN2CC[C@@]3(CC(C(=O)N4CCC(N(C)C)CC4)=NO3)C2)cc1. The molecular weight excluding hydrogens is 376 g/mol. The fourth-order valence-corrected chi connectivity index (χ4v) is 4.95. The van der Waals surface area contributed by atoms with Crippen LogP contribution in [0.25, 0.3) is 0 Å². The second-order valence-electron chi connectivity index (χ2n) is 9.83. The molecule has 0 N–H and O–H groups in total. The van der Waals surface area contributed by atoms with E-state index in [1.54, 1.807) is 0 Å². The van der Waals surface area contributed by atoms with E-state index in [0.29, 0.717) is 24.1 Å². The first-order valence-corrected chi connectivity index (χ1v) is 11.4. The summed E-state index contributed by atoms with van der Waals surface area (Å²) >= 11 is 0. The second kappa shape index (κ2) is 8.67. The lowest BCUT2D eigenvalue weighted by Crippen LogP contribution is -2.47. The van der Waals surface area contributed by atoms with E-state index < -0.39 is 0 Å². The number of amides is 1. The molecule has 0 bridgehead atoms. The van der Waals surface area contributed by atoms with E-state index in [1.807, 2.05) is 4.90 Å². The molecule has 0 aromatic heterocycles. The molecule has 164 valence electrons. The quantitative estimate of drug-likeness (QED) is 0.746. The zero-order chi connectivity index (χ0) is 21.3. The highest BCUT2D eigenvalue weighted by Gasteiger charge is 2.47. The van der Waals surface area contributed by atoms with Gasteiger partial charge in [-0.25, -0.2) is 0 Å². The Labute approximate surface area is 180 Å². The molecule has 1 atom stereocenters. The first-order valence-electron chi connectivity index (χ1n) is 11.4. The van der Waals surface area contributed by atoms with Crippen LogP contribution in [0.5, 0.6) is 0 Å². The number of carbonyl (C=O) groups excluding carboxylic acids is 1. The van der Waals surface area contributed by atoms with Gasteiger partial charge in [-0.15, -0.1) is 0 Å². The van der Waals surface area contributed by atoms with E-state index in [0.717, 1.165) is 52.0 Å². The number of hydrogen-bond donors (Lipinski definition) is 0. The lowest BCUT2D eigenvalue weighted by Gasteiger charge is -2.35. The predicted molar refractivity (Wildman–Crippen MR) is 120 cm³/mol. The molecule has 0 radical (unpaired) electrons. The lowest BCUT2D eigenvalue weighted by atomic mass is 9.95. The summed E-state index contributed by atoms with van der Waals surface area (Å²) in [7, 11) is 4.23. The van der Waals surface area contributed by atoms with E-state index in [-0.39, 0.29) is 11.5 Å². The average Bonchev–Trinajstić information content (AvgIpc) is 3.34. The van der Waals surface area contributed by atoms with Crippen LogP contribution in [0.4, 0.5) is 0 Å². The van der Waals surface area contributed by atoms with Crippen molar-refractivity contribution in [1.82, 2.24) is 14.7 Å². The summed E-state index contributed by atoms with van der Waals surface area (Å²) < 4.78 is 0. The summed E-state index contributed by atoms with van der Waals surface area (Å²) in [6.45, 7) is 8.81. The van der Waals surface area contributed by atoms with Crippen molar-refractivity contribution in [2.24, 2.45) is 5.16 Å². The van der Waals surface area contributed by atoms with Gasteiger partial charge < -0.3 is 14.6 Å². The van der Waals surface area contributed by atoms with E-state index >= 15 is 0 Å². The van der Waals surface area contributed by atoms with E-state index in [4.69, 9.17) is 4.84 Å². The molecule has 1 aromatic rings. The largest absolute Gasteiger partial charge is 0.387 e. The van der Waals surface area contributed by atoms with E-state index in [9.17, 15) is 4.79 Å². The fraction of sp³-hybridized carbons (Fsp3) is 0.667. The Morgan fingerprint density at radius 3 is 2.53 bits per heavy atom. The summed E-state index contributed by atoms with van der Waals surface area (Å²) in [5.74, 6) is 0.634. The normalized spacial score (nSPS) is 25.4. The van der Waals surface area contributed by atoms with Crippen LogP contribution in [0.2, 0.25) is 0 Å². The molecule has 6 heteroatoms. The number of carbonyl (C=O) groups is 1. The van der Waals surface area contributed by atoms with Crippen LogP contribution in [-0.4, -0.2) is 78.2 Å². The fourth-order valence-electron chi connectivity index (χ4n) is 4.95. The van der Waals surface area contributed by atoms with Crippen molar-refractivity contribution >= 4 is 11.6 Å².